The van der Waals surface area contributed by atoms with Crippen molar-refractivity contribution in [3.63, 3.8) is 0 Å². The number of nitrogens with zero attached hydrogens (tertiary/aromatic N) is 1. The Morgan fingerprint density at radius 1 is 1.45 bits per heavy atom. The van der Waals surface area contributed by atoms with Gasteiger partial charge in [-0.15, -0.1) is 0 Å². The lowest BCUT2D eigenvalue weighted by atomic mass is 10.1. The van der Waals surface area contributed by atoms with Crippen LogP contribution in [0.4, 0.5) is 0 Å². The zero-order chi connectivity index (χ0) is 15.1. The van der Waals surface area contributed by atoms with Gasteiger partial charge in [0.1, 0.15) is 6.04 Å². The summed E-state index contributed by atoms with van der Waals surface area (Å²) in [6, 6.07) is 7.49. The van der Waals surface area contributed by atoms with E-state index >= 15 is 0 Å². The Labute approximate surface area is 118 Å². The van der Waals surface area contributed by atoms with Crippen molar-refractivity contribution in [2.75, 3.05) is 5.75 Å². The smallest absolute Gasteiger partial charge is 0.327 e. The van der Waals surface area contributed by atoms with Crippen LogP contribution in [0, 0.1) is 11.3 Å². The summed E-state index contributed by atoms with van der Waals surface area (Å²) in [6.07, 6.45) is 0. The number of carbonyl (C=O) groups excluding carboxylic acids is 1. The van der Waals surface area contributed by atoms with Crippen LogP contribution in [0.3, 0.4) is 0 Å². The van der Waals surface area contributed by atoms with Crippen molar-refractivity contribution in [1.29, 1.82) is 5.26 Å². The summed E-state index contributed by atoms with van der Waals surface area (Å²) in [7, 11) is -1.50. The van der Waals surface area contributed by atoms with E-state index in [1.165, 1.54) is 6.92 Å². The number of carboxylic acid groups (broad SMARTS) is 1. The zero-order valence-corrected chi connectivity index (χ0v) is 11.6. The highest BCUT2D eigenvalue weighted by atomic mass is 32.2. The third-order valence-electron chi connectivity index (χ3n) is 2.48. The fourth-order valence-electron chi connectivity index (χ4n) is 1.59. The standard InChI is InChI=1S/C13H14N2O4S/c1-9(16)15-12(13(17)18)8-20(19)7-11-5-3-2-4-10(11)6-14/h2-5,12H,7-8H2,1H3,(H,15,16)(H,17,18)/t12-,20?/m0/s1. The average molecular weight is 294 g/mol. The third kappa shape index (κ3) is 4.82. The number of hydrogen-bond acceptors (Lipinski definition) is 4. The molecular formula is C13H14N2O4S. The van der Waals surface area contributed by atoms with Gasteiger partial charge in [0.15, 0.2) is 0 Å². The first-order valence-electron chi connectivity index (χ1n) is 5.77. The number of amides is 1. The summed E-state index contributed by atoms with van der Waals surface area (Å²) in [5, 5.41) is 20.1. The molecule has 1 unspecified atom stereocenters. The quantitative estimate of drug-likeness (QED) is 0.789. The van der Waals surface area contributed by atoms with E-state index in [2.05, 4.69) is 5.32 Å². The molecule has 2 atom stereocenters. The van der Waals surface area contributed by atoms with Crippen molar-refractivity contribution in [3.05, 3.63) is 35.4 Å². The highest BCUT2D eigenvalue weighted by Gasteiger charge is 2.21. The Bertz CT molecular complexity index is 580. The van der Waals surface area contributed by atoms with Gasteiger partial charge in [0, 0.05) is 23.5 Å². The molecule has 0 aliphatic rings. The lowest BCUT2D eigenvalue weighted by molar-refractivity contribution is -0.140. The van der Waals surface area contributed by atoms with Gasteiger partial charge < -0.3 is 10.4 Å². The second kappa shape index (κ2) is 7.40. The highest BCUT2D eigenvalue weighted by molar-refractivity contribution is 7.84. The number of benzene rings is 1. The van der Waals surface area contributed by atoms with Crippen LogP contribution in [0.25, 0.3) is 0 Å². The lowest BCUT2D eigenvalue weighted by Gasteiger charge is -2.13. The molecule has 0 fully saturated rings. The van der Waals surface area contributed by atoms with Crippen LogP contribution in [-0.4, -0.2) is 33.0 Å². The second-order valence-corrected chi connectivity index (χ2v) is 5.61. The van der Waals surface area contributed by atoms with Gasteiger partial charge in [0.05, 0.1) is 17.4 Å². The molecule has 0 saturated heterocycles. The Morgan fingerprint density at radius 2 is 2.10 bits per heavy atom. The van der Waals surface area contributed by atoms with Crippen molar-refractivity contribution in [2.45, 2.75) is 18.7 Å². The van der Waals surface area contributed by atoms with Gasteiger partial charge in [-0.25, -0.2) is 4.79 Å². The van der Waals surface area contributed by atoms with Crippen molar-refractivity contribution in [2.24, 2.45) is 0 Å². The summed E-state index contributed by atoms with van der Waals surface area (Å²) >= 11 is 0. The summed E-state index contributed by atoms with van der Waals surface area (Å²) in [5.74, 6) is -1.85. The third-order valence-corrected chi connectivity index (χ3v) is 3.82. The van der Waals surface area contributed by atoms with E-state index in [1.54, 1.807) is 24.3 Å². The first-order valence-corrected chi connectivity index (χ1v) is 7.25. The second-order valence-electron chi connectivity index (χ2n) is 4.11. The Balaban J connectivity index is 2.73. The van der Waals surface area contributed by atoms with E-state index < -0.39 is 28.7 Å². The summed E-state index contributed by atoms with van der Waals surface area (Å²) < 4.78 is 12.0. The number of nitriles is 1. The molecule has 7 heteroatoms. The summed E-state index contributed by atoms with van der Waals surface area (Å²) in [5.41, 5.74) is 1.01. The molecule has 6 nitrogen and oxygen atoms in total. The van der Waals surface area contributed by atoms with E-state index in [-0.39, 0.29) is 11.5 Å². The number of carbonyl (C=O) groups is 2. The van der Waals surface area contributed by atoms with Gasteiger partial charge >= 0.3 is 5.97 Å². The van der Waals surface area contributed by atoms with Gasteiger partial charge in [-0.05, 0) is 11.6 Å². The van der Waals surface area contributed by atoms with Gasteiger partial charge in [-0.3, -0.25) is 9.00 Å². The molecule has 2 N–H and O–H groups in total. The summed E-state index contributed by atoms with van der Waals surface area (Å²) in [4.78, 5) is 21.8. The number of nitrogens with one attached hydrogen (secondary N) is 1. The van der Waals surface area contributed by atoms with Crippen LogP contribution in [0.1, 0.15) is 18.1 Å². The molecule has 0 bridgehead atoms. The lowest BCUT2D eigenvalue weighted by Crippen LogP contribution is -2.43. The minimum Gasteiger partial charge on any atom is -0.480 e. The van der Waals surface area contributed by atoms with Crippen molar-refractivity contribution in [3.8, 4) is 6.07 Å². The van der Waals surface area contributed by atoms with Crippen LogP contribution < -0.4 is 5.32 Å². The predicted octanol–water partition coefficient (Wildman–Crippen LogP) is 0.396. The molecule has 0 aliphatic carbocycles. The molecule has 1 rings (SSSR count). The maximum absolute atomic E-state index is 12.0. The number of hydrogen-bond donors (Lipinski definition) is 2. The molecule has 0 heterocycles. The zero-order valence-electron chi connectivity index (χ0n) is 10.8. The van der Waals surface area contributed by atoms with Gasteiger partial charge in [0.25, 0.3) is 0 Å². The minimum absolute atomic E-state index is 0.0765. The molecule has 0 radical (unpaired) electrons. The van der Waals surface area contributed by atoms with E-state index in [0.717, 1.165) is 0 Å². The number of aliphatic carboxylic acids is 1. The predicted molar refractivity (Wildman–Crippen MR) is 73.1 cm³/mol. The summed E-state index contributed by atoms with van der Waals surface area (Å²) in [6.45, 7) is 1.20. The van der Waals surface area contributed by atoms with E-state index in [1.807, 2.05) is 6.07 Å². The first-order chi connectivity index (χ1) is 9.43. The molecular weight excluding hydrogens is 280 g/mol. The van der Waals surface area contributed by atoms with Crippen LogP contribution in [0.15, 0.2) is 24.3 Å². The van der Waals surface area contributed by atoms with Gasteiger partial charge in [0.2, 0.25) is 5.91 Å². The maximum atomic E-state index is 12.0. The van der Waals surface area contributed by atoms with Gasteiger partial charge in [-0.1, -0.05) is 18.2 Å². The number of carboxylic acids is 1. The van der Waals surface area contributed by atoms with Crippen molar-refractivity contribution >= 4 is 22.7 Å². The molecule has 1 aromatic rings. The number of rotatable bonds is 6. The minimum atomic E-state index is -1.50. The fraction of sp³-hybridized carbons (Fsp3) is 0.308. The molecule has 0 aliphatic heterocycles. The molecule has 0 aromatic heterocycles. The molecule has 0 spiro atoms. The Morgan fingerprint density at radius 3 is 2.65 bits per heavy atom. The maximum Gasteiger partial charge on any atom is 0.327 e. The monoisotopic (exact) mass is 294 g/mol. The van der Waals surface area contributed by atoms with E-state index in [0.29, 0.717) is 11.1 Å². The Hall–Kier alpha value is -2.20. The van der Waals surface area contributed by atoms with Crippen LogP contribution in [0.5, 0.6) is 0 Å². The molecule has 0 saturated carbocycles. The highest BCUT2D eigenvalue weighted by Crippen LogP contribution is 2.10. The van der Waals surface area contributed by atoms with Crippen LogP contribution >= 0.6 is 0 Å². The molecule has 106 valence electrons. The molecule has 20 heavy (non-hydrogen) atoms. The fourth-order valence-corrected chi connectivity index (χ4v) is 2.91. The van der Waals surface area contributed by atoms with Crippen LogP contribution in [-0.2, 0) is 26.1 Å². The van der Waals surface area contributed by atoms with E-state index in [9.17, 15) is 13.8 Å². The van der Waals surface area contributed by atoms with Crippen molar-refractivity contribution < 1.29 is 18.9 Å². The molecule has 1 aromatic carbocycles. The first kappa shape index (κ1) is 15.9. The average Bonchev–Trinajstić information content (AvgIpc) is 2.37. The van der Waals surface area contributed by atoms with Gasteiger partial charge in [-0.2, -0.15) is 5.26 Å². The largest absolute Gasteiger partial charge is 0.480 e. The Kier molecular flexibility index (Phi) is 5.87. The van der Waals surface area contributed by atoms with E-state index in [4.69, 9.17) is 10.4 Å². The SMILES string of the molecule is CC(=O)N[C@@H](CS(=O)Cc1ccccc1C#N)C(=O)O. The normalized spacial score (nSPS) is 13.0. The van der Waals surface area contributed by atoms with Crippen molar-refractivity contribution in [1.82, 2.24) is 5.32 Å². The molecule has 1 amide bonds. The van der Waals surface area contributed by atoms with Crippen LogP contribution in [0.2, 0.25) is 0 Å². The topological polar surface area (TPSA) is 107 Å².